The average molecular weight is 596 g/mol. The fraction of sp³-hybridized carbons (Fsp3) is 0.375. The molecular weight excluding hydrogens is 554 g/mol. The molecule has 0 aliphatic carbocycles. The Labute approximate surface area is 249 Å². The largest absolute Gasteiger partial charge is 0.497 e. The van der Waals surface area contributed by atoms with Crippen LogP contribution in [-0.4, -0.2) is 58.0 Å². The lowest BCUT2D eigenvalue weighted by atomic mass is 10.1. The van der Waals surface area contributed by atoms with Gasteiger partial charge >= 0.3 is 0 Å². The molecule has 0 aromatic heterocycles. The van der Waals surface area contributed by atoms with Crippen LogP contribution in [-0.2, 0) is 26.2 Å². The van der Waals surface area contributed by atoms with Gasteiger partial charge in [-0.2, -0.15) is 0 Å². The molecule has 10 heteroatoms. The third-order valence-corrected chi connectivity index (χ3v) is 8.89. The van der Waals surface area contributed by atoms with E-state index in [0.29, 0.717) is 17.9 Å². The molecule has 0 fully saturated rings. The topological polar surface area (TPSA) is 105 Å². The number of hydrogen-bond acceptors (Lipinski definition) is 6. The van der Waals surface area contributed by atoms with E-state index in [1.54, 1.807) is 55.6 Å². The number of aryl methyl sites for hydroxylation is 1. The molecule has 3 rings (SSSR count). The summed E-state index contributed by atoms with van der Waals surface area (Å²) in [5.74, 6) is 0.139. The van der Waals surface area contributed by atoms with Crippen molar-refractivity contribution in [1.82, 2.24) is 10.2 Å². The maximum Gasteiger partial charge on any atom is 0.264 e. The van der Waals surface area contributed by atoms with Crippen LogP contribution in [0.3, 0.4) is 0 Å². The monoisotopic (exact) mass is 595 g/mol. The van der Waals surface area contributed by atoms with Crippen LogP contribution in [0.2, 0.25) is 0 Å². The minimum absolute atomic E-state index is 0.0321. The molecule has 0 radical (unpaired) electrons. The molecule has 0 spiro atoms. The van der Waals surface area contributed by atoms with Crippen LogP contribution in [0.25, 0.3) is 0 Å². The number of rotatable bonds is 14. The average Bonchev–Trinajstić information content (AvgIpc) is 3.00. The molecule has 3 aromatic carbocycles. The summed E-state index contributed by atoms with van der Waals surface area (Å²) < 4.78 is 40.0. The first-order valence-corrected chi connectivity index (χ1v) is 15.4. The van der Waals surface area contributed by atoms with E-state index in [2.05, 4.69) is 5.32 Å². The summed E-state index contributed by atoms with van der Waals surface area (Å²) in [6.07, 6.45) is 1.06. The lowest BCUT2D eigenvalue weighted by molar-refractivity contribution is -0.140. The molecule has 0 heterocycles. The zero-order valence-corrected chi connectivity index (χ0v) is 26.0. The minimum atomic E-state index is -4.20. The Bertz CT molecular complexity index is 1440. The molecule has 9 nitrogen and oxygen atoms in total. The maximum absolute atomic E-state index is 14.3. The number of methoxy groups -OCH3 is 2. The zero-order valence-electron chi connectivity index (χ0n) is 25.2. The van der Waals surface area contributed by atoms with Crippen LogP contribution < -0.4 is 19.1 Å². The van der Waals surface area contributed by atoms with Crippen molar-refractivity contribution >= 4 is 27.5 Å². The quantitative estimate of drug-likeness (QED) is 0.283. The molecule has 226 valence electrons. The van der Waals surface area contributed by atoms with Gasteiger partial charge in [0.2, 0.25) is 11.8 Å². The third kappa shape index (κ3) is 7.82. The maximum atomic E-state index is 14.3. The van der Waals surface area contributed by atoms with Crippen molar-refractivity contribution in [1.29, 1.82) is 0 Å². The van der Waals surface area contributed by atoms with Crippen molar-refractivity contribution < 1.29 is 27.5 Å². The van der Waals surface area contributed by atoms with Gasteiger partial charge in [-0.1, -0.05) is 50.2 Å². The molecule has 42 heavy (non-hydrogen) atoms. The summed E-state index contributed by atoms with van der Waals surface area (Å²) in [5.41, 5.74) is 1.79. The number of amides is 2. The number of nitrogens with zero attached hydrogens (tertiary/aromatic N) is 2. The highest BCUT2D eigenvalue weighted by atomic mass is 32.2. The molecule has 0 unspecified atom stereocenters. The van der Waals surface area contributed by atoms with Crippen LogP contribution in [0.5, 0.6) is 11.5 Å². The molecule has 0 aliphatic heterocycles. The van der Waals surface area contributed by atoms with Gasteiger partial charge < -0.3 is 19.7 Å². The normalized spacial score (nSPS) is 12.6. The zero-order chi connectivity index (χ0) is 30.9. The second-order valence-electron chi connectivity index (χ2n) is 10.1. The molecule has 0 aliphatic rings. The highest BCUT2D eigenvalue weighted by molar-refractivity contribution is 7.92. The number of carbonyl (C=O) groups is 2. The summed E-state index contributed by atoms with van der Waals surface area (Å²) >= 11 is 0. The van der Waals surface area contributed by atoms with Crippen LogP contribution >= 0.6 is 0 Å². The van der Waals surface area contributed by atoms with Crippen molar-refractivity contribution in [2.75, 3.05) is 25.1 Å². The predicted octanol–water partition coefficient (Wildman–Crippen LogP) is 4.93. The first-order valence-electron chi connectivity index (χ1n) is 14.0. The Morgan fingerprint density at radius 3 is 2.14 bits per heavy atom. The van der Waals surface area contributed by atoms with Crippen LogP contribution in [0.1, 0.15) is 44.7 Å². The number of hydrogen-bond donors (Lipinski definition) is 1. The van der Waals surface area contributed by atoms with Gasteiger partial charge in [-0.3, -0.25) is 13.9 Å². The number of nitrogens with one attached hydrogen (secondary N) is 1. The number of benzene rings is 3. The van der Waals surface area contributed by atoms with E-state index in [9.17, 15) is 18.0 Å². The number of carbonyl (C=O) groups excluding carboxylic acids is 2. The Morgan fingerprint density at radius 1 is 0.905 bits per heavy atom. The van der Waals surface area contributed by atoms with E-state index < -0.39 is 28.5 Å². The standard InChI is InChI=1S/C32H41N3O6S/c1-7-24(4)33-32(37)28(8-2)34(21-25-15-17-26(40-5)18-16-25)31(36)22-35(29-20-23(3)14-19-30(29)41-6)42(38,39)27-12-10-9-11-13-27/h9-20,24,28H,7-8,21-22H2,1-6H3,(H,33,37)/t24-,28+/m0/s1. The van der Waals surface area contributed by atoms with E-state index in [-0.39, 0.29) is 29.1 Å². The number of anilines is 1. The van der Waals surface area contributed by atoms with E-state index in [0.717, 1.165) is 21.9 Å². The van der Waals surface area contributed by atoms with Gasteiger partial charge in [-0.15, -0.1) is 0 Å². The summed E-state index contributed by atoms with van der Waals surface area (Å²) in [6.45, 7) is 7.09. The van der Waals surface area contributed by atoms with Gasteiger partial charge in [0, 0.05) is 12.6 Å². The first kappa shape index (κ1) is 32.5. The fourth-order valence-electron chi connectivity index (χ4n) is 4.52. The molecule has 0 bridgehead atoms. The predicted molar refractivity (Wildman–Crippen MR) is 164 cm³/mol. The summed E-state index contributed by atoms with van der Waals surface area (Å²) in [4.78, 5) is 29.2. The molecule has 3 aromatic rings. The van der Waals surface area contributed by atoms with E-state index in [1.165, 1.54) is 24.1 Å². The van der Waals surface area contributed by atoms with E-state index >= 15 is 0 Å². The Balaban J connectivity index is 2.11. The molecular formula is C32H41N3O6S. The van der Waals surface area contributed by atoms with Crippen molar-refractivity contribution in [2.24, 2.45) is 0 Å². The highest BCUT2D eigenvalue weighted by Crippen LogP contribution is 2.34. The van der Waals surface area contributed by atoms with Gasteiger partial charge in [0.05, 0.1) is 24.8 Å². The smallest absolute Gasteiger partial charge is 0.264 e. The molecule has 0 saturated heterocycles. The molecule has 2 atom stereocenters. The van der Waals surface area contributed by atoms with Crippen molar-refractivity contribution in [3.63, 3.8) is 0 Å². The van der Waals surface area contributed by atoms with Crippen molar-refractivity contribution in [2.45, 2.75) is 64.1 Å². The lowest BCUT2D eigenvalue weighted by Crippen LogP contribution is -2.53. The van der Waals surface area contributed by atoms with Crippen LogP contribution in [0, 0.1) is 6.92 Å². The summed E-state index contributed by atoms with van der Waals surface area (Å²) in [7, 11) is -1.18. The molecule has 0 saturated carbocycles. The van der Waals surface area contributed by atoms with E-state index in [1.807, 2.05) is 39.8 Å². The Kier molecular flexibility index (Phi) is 11.4. The fourth-order valence-corrected chi connectivity index (χ4v) is 5.95. The van der Waals surface area contributed by atoms with Crippen molar-refractivity contribution in [3.8, 4) is 11.5 Å². The number of ether oxygens (including phenoxy) is 2. The van der Waals surface area contributed by atoms with Crippen LogP contribution in [0.4, 0.5) is 5.69 Å². The minimum Gasteiger partial charge on any atom is -0.497 e. The SMILES string of the molecule is CC[C@H](C(=O)N[C@@H](C)CC)N(Cc1ccc(OC)cc1)C(=O)CN(c1cc(C)ccc1OC)S(=O)(=O)c1ccccc1. The van der Waals surface area contributed by atoms with E-state index in [4.69, 9.17) is 9.47 Å². The van der Waals surface area contributed by atoms with Crippen LogP contribution in [0.15, 0.2) is 77.7 Å². The molecule has 1 N–H and O–H groups in total. The van der Waals surface area contributed by atoms with Crippen molar-refractivity contribution in [3.05, 3.63) is 83.9 Å². The highest BCUT2D eigenvalue weighted by Gasteiger charge is 2.35. The molecule has 2 amide bonds. The van der Waals surface area contributed by atoms with Gasteiger partial charge in [0.1, 0.15) is 24.1 Å². The number of sulfonamides is 1. The third-order valence-electron chi connectivity index (χ3n) is 7.11. The summed E-state index contributed by atoms with van der Waals surface area (Å²) in [6, 6.07) is 19.4. The second kappa shape index (κ2) is 14.7. The van der Waals surface area contributed by atoms with Gasteiger partial charge in [0.15, 0.2) is 0 Å². The second-order valence-corrected chi connectivity index (χ2v) is 12.0. The first-order chi connectivity index (χ1) is 20.0. The van der Waals surface area contributed by atoms with Gasteiger partial charge in [-0.25, -0.2) is 8.42 Å². The Morgan fingerprint density at radius 2 is 1.57 bits per heavy atom. The lowest BCUT2D eigenvalue weighted by Gasteiger charge is -2.34. The Hall–Kier alpha value is -4.05. The summed E-state index contributed by atoms with van der Waals surface area (Å²) in [5, 5.41) is 2.98. The van der Waals surface area contributed by atoms with Gasteiger partial charge in [0.25, 0.3) is 10.0 Å². The van der Waals surface area contributed by atoms with Gasteiger partial charge in [-0.05, 0) is 74.2 Å².